The van der Waals surface area contributed by atoms with Crippen molar-refractivity contribution in [1.29, 1.82) is 0 Å². The molecule has 1 fully saturated rings. The topological polar surface area (TPSA) is 28.2 Å². The Hall–Kier alpha value is -0.610. The van der Waals surface area contributed by atoms with Gasteiger partial charge in [-0.05, 0) is 34.5 Å². The molecule has 0 aromatic carbocycles. The number of nitrogens with zero attached hydrogens (tertiary/aromatic N) is 2. The van der Waals surface area contributed by atoms with E-state index in [4.69, 9.17) is 0 Å². The smallest absolute Gasteiger partial charge is 0.143 e. The average Bonchev–Trinajstić information content (AvgIpc) is 2.23. The molecule has 0 bridgehead atoms. The van der Waals surface area contributed by atoms with Crippen LogP contribution in [0.2, 0.25) is 0 Å². The van der Waals surface area contributed by atoms with Crippen LogP contribution in [0.3, 0.4) is 0 Å². The highest BCUT2D eigenvalue weighted by atomic mass is 79.9. The van der Waals surface area contributed by atoms with Gasteiger partial charge in [-0.1, -0.05) is 0 Å². The van der Waals surface area contributed by atoms with Gasteiger partial charge in [-0.2, -0.15) is 0 Å². The normalized spacial score (nSPS) is 17.1. The largest absolute Gasteiger partial charge is 0.353 e. The molecule has 3 nitrogen and oxygen atoms in total. The Labute approximate surface area is 92.6 Å². The molecule has 1 saturated heterocycles. The van der Waals surface area contributed by atoms with E-state index in [1.54, 1.807) is 0 Å². The zero-order chi connectivity index (χ0) is 9.97. The minimum absolute atomic E-state index is 1.04. The minimum atomic E-state index is 1.04. The molecule has 76 valence electrons. The fourth-order valence-corrected chi connectivity index (χ4v) is 2.11. The van der Waals surface area contributed by atoms with Crippen molar-refractivity contribution >= 4 is 21.7 Å². The summed E-state index contributed by atoms with van der Waals surface area (Å²) < 4.78 is 1.13. The number of aromatic nitrogens is 1. The average molecular weight is 256 g/mol. The van der Waals surface area contributed by atoms with Gasteiger partial charge in [-0.3, -0.25) is 0 Å². The predicted octanol–water partition coefficient (Wildman–Crippen LogP) is 1.56. The first-order chi connectivity index (χ1) is 6.79. The third-order valence-electron chi connectivity index (χ3n) is 2.48. The maximum Gasteiger partial charge on any atom is 0.143 e. The Morgan fingerprint density at radius 1 is 1.43 bits per heavy atom. The Kier molecular flexibility index (Phi) is 3.03. The van der Waals surface area contributed by atoms with Crippen LogP contribution >= 0.6 is 15.9 Å². The van der Waals surface area contributed by atoms with Crippen LogP contribution in [0.5, 0.6) is 0 Å². The monoisotopic (exact) mass is 255 g/mol. The van der Waals surface area contributed by atoms with Crippen LogP contribution in [0.1, 0.15) is 5.56 Å². The second kappa shape index (κ2) is 4.28. The first-order valence-corrected chi connectivity index (χ1v) is 5.65. The van der Waals surface area contributed by atoms with Crippen molar-refractivity contribution in [2.24, 2.45) is 0 Å². The summed E-state index contributed by atoms with van der Waals surface area (Å²) in [6.07, 6.45) is 1.87. The van der Waals surface area contributed by atoms with Gasteiger partial charge in [0, 0.05) is 32.4 Å². The lowest BCUT2D eigenvalue weighted by Crippen LogP contribution is -2.44. The molecule has 0 aliphatic carbocycles. The molecular formula is C10H14BrN3. The number of hydrogen-bond donors (Lipinski definition) is 1. The standard InChI is InChI=1S/C10H14BrN3/c1-8-2-3-13-10(9(8)11)14-6-4-12-5-7-14/h2-3,12H,4-7H2,1H3. The summed E-state index contributed by atoms with van der Waals surface area (Å²) in [5.74, 6) is 1.08. The second-order valence-corrected chi connectivity index (χ2v) is 4.30. The molecule has 1 N–H and O–H groups in total. The lowest BCUT2D eigenvalue weighted by molar-refractivity contribution is 0.584. The maximum atomic E-state index is 4.41. The Balaban J connectivity index is 2.26. The van der Waals surface area contributed by atoms with E-state index in [9.17, 15) is 0 Å². The van der Waals surface area contributed by atoms with Gasteiger partial charge >= 0.3 is 0 Å². The molecule has 0 amide bonds. The van der Waals surface area contributed by atoms with Gasteiger partial charge < -0.3 is 10.2 Å². The van der Waals surface area contributed by atoms with Gasteiger partial charge in [0.05, 0.1) is 4.47 Å². The molecule has 1 aliphatic rings. The van der Waals surface area contributed by atoms with Crippen LogP contribution in [0.15, 0.2) is 16.7 Å². The number of piperazine rings is 1. The van der Waals surface area contributed by atoms with Gasteiger partial charge in [0.15, 0.2) is 0 Å². The molecule has 1 aromatic heterocycles. The summed E-state index contributed by atoms with van der Waals surface area (Å²) in [4.78, 5) is 6.73. The number of aryl methyl sites for hydroxylation is 1. The molecule has 0 saturated carbocycles. The number of halogens is 1. The van der Waals surface area contributed by atoms with Crippen molar-refractivity contribution < 1.29 is 0 Å². The number of hydrogen-bond acceptors (Lipinski definition) is 3. The number of anilines is 1. The minimum Gasteiger partial charge on any atom is -0.353 e. The maximum absolute atomic E-state index is 4.41. The van der Waals surface area contributed by atoms with Gasteiger partial charge in [-0.15, -0.1) is 0 Å². The van der Waals surface area contributed by atoms with Crippen LogP contribution in [-0.2, 0) is 0 Å². The molecule has 0 unspecified atom stereocenters. The van der Waals surface area contributed by atoms with Crippen molar-refractivity contribution in [3.8, 4) is 0 Å². The van der Waals surface area contributed by atoms with Crippen LogP contribution < -0.4 is 10.2 Å². The van der Waals surface area contributed by atoms with Crippen molar-refractivity contribution in [2.45, 2.75) is 6.92 Å². The van der Waals surface area contributed by atoms with Crippen LogP contribution in [0.25, 0.3) is 0 Å². The summed E-state index contributed by atoms with van der Waals surface area (Å²) in [5.41, 5.74) is 1.24. The molecule has 0 radical (unpaired) electrons. The highest BCUT2D eigenvalue weighted by Gasteiger charge is 2.14. The van der Waals surface area contributed by atoms with E-state index in [0.29, 0.717) is 0 Å². The van der Waals surface area contributed by atoms with Crippen LogP contribution in [0.4, 0.5) is 5.82 Å². The molecule has 14 heavy (non-hydrogen) atoms. The summed E-state index contributed by atoms with van der Waals surface area (Å²) in [5, 5.41) is 3.33. The third-order valence-corrected chi connectivity index (χ3v) is 3.46. The molecule has 1 aliphatic heterocycles. The lowest BCUT2D eigenvalue weighted by atomic mass is 10.2. The van der Waals surface area contributed by atoms with E-state index in [0.717, 1.165) is 36.5 Å². The molecular weight excluding hydrogens is 242 g/mol. The van der Waals surface area contributed by atoms with E-state index in [1.807, 2.05) is 12.3 Å². The van der Waals surface area contributed by atoms with Crippen LogP contribution in [0, 0.1) is 6.92 Å². The van der Waals surface area contributed by atoms with E-state index >= 15 is 0 Å². The lowest BCUT2D eigenvalue weighted by Gasteiger charge is -2.29. The van der Waals surface area contributed by atoms with Gasteiger partial charge in [0.1, 0.15) is 5.82 Å². The molecule has 4 heteroatoms. The summed E-state index contributed by atoms with van der Waals surface area (Å²) in [6, 6.07) is 2.02. The summed E-state index contributed by atoms with van der Waals surface area (Å²) in [6.45, 7) is 6.26. The first-order valence-electron chi connectivity index (χ1n) is 4.86. The fourth-order valence-electron chi connectivity index (χ4n) is 1.62. The van der Waals surface area contributed by atoms with Crippen molar-refractivity contribution in [3.05, 3.63) is 22.3 Å². The highest BCUT2D eigenvalue weighted by molar-refractivity contribution is 9.10. The Morgan fingerprint density at radius 2 is 2.14 bits per heavy atom. The molecule has 2 heterocycles. The number of rotatable bonds is 1. The van der Waals surface area contributed by atoms with Gasteiger partial charge in [0.25, 0.3) is 0 Å². The van der Waals surface area contributed by atoms with Crippen molar-refractivity contribution in [3.63, 3.8) is 0 Å². The van der Waals surface area contributed by atoms with Crippen LogP contribution in [-0.4, -0.2) is 31.2 Å². The molecule has 1 aromatic rings. The Bertz CT molecular complexity index is 321. The van der Waals surface area contributed by atoms with E-state index in [1.165, 1.54) is 5.56 Å². The fraction of sp³-hybridized carbons (Fsp3) is 0.500. The molecule has 2 rings (SSSR count). The Morgan fingerprint density at radius 3 is 2.86 bits per heavy atom. The SMILES string of the molecule is Cc1ccnc(N2CCNCC2)c1Br. The third kappa shape index (κ3) is 1.91. The number of pyridine rings is 1. The zero-order valence-corrected chi connectivity index (χ0v) is 9.84. The van der Waals surface area contributed by atoms with E-state index < -0.39 is 0 Å². The summed E-state index contributed by atoms with van der Waals surface area (Å²) >= 11 is 3.59. The predicted molar refractivity (Wildman–Crippen MR) is 61.8 cm³/mol. The first kappa shape index (κ1) is 9.93. The molecule has 0 atom stereocenters. The number of nitrogens with one attached hydrogen (secondary N) is 1. The highest BCUT2D eigenvalue weighted by Crippen LogP contribution is 2.26. The van der Waals surface area contributed by atoms with E-state index in [-0.39, 0.29) is 0 Å². The van der Waals surface area contributed by atoms with Crippen molar-refractivity contribution in [1.82, 2.24) is 10.3 Å². The quantitative estimate of drug-likeness (QED) is 0.826. The molecule has 0 spiro atoms. The van der Waals surface area contributed by atoms with Gasteiger partial charge in [0.2, 0.25) is 0 Å². The second-order valence-electron chi connectivity index (χ2n) is 3.50. The summed E-state index contributed by atoms with van der Waals surface area (Å²) in [7, 11) is 0. The van der Waals surface area contributed by atoms with E-state index in [2.05, 4.69) is 38.1 Å². The van der Waals surface area contributed by atoms with Crippen molar-refractivity contribution in [2.75, 3.05) is 31.1 Å². The zero-order valence-electron chi connectivity index (χ0n) is 8.26. The van der Waals surface area contributed by atoms with Gasteiger partial charge in [-0.25, -0.2) is 4.98 Å².